The molecule has 0 bridgehead atoms. The van der Waals surface area contributed by atoms with E-state index in [1.807, 2.05) is 17.8 Å². The van der Waals surface area contributed by atoms with Gasteiger partial charge in [0.1, 0.15) is 0 Å². The Morgan fingerprint density at radius 2 is 2.38 bits per heavy atom. The molecule has 0 N–H and O–H groups in total. The Hall–Kier alpha value is -1.12. The van der Waals surface area contributed by atoms with E-state index in [-0.39, 0.29) is 11.7 Å². The average Bonchev–Trinajstić information content (AvgIpc) is 2.74. The van der Waals surface area contributed by atoms with Gasteiger partial charge in [0.2, 0.25) is 5.78 Å². The van der Waals surface area contributed by atoms with Crippen LogP contribution in [0.1, 0.15) is 49.6 Å². The minimum absolute atomic E-state index is 0.208. The minimum Gasteiger partial charge on any atom is -0.332 e. The molecule has 1 aromatic rings. The van der Waals surface area contributed by atoms with E-state index >= 15 is 0 Å². The Kier molecular flexibility index (Phi) is 3.42. The lowest BCUT2D eigenvalue weighted by molar-refractivity contribution is 0.0848. The van der Waals surface area contributed by atoms with Crippen molar-refractivity contribution in [3.05, 3.63) is 18.2 Å². The van der Waals surface area contributed by atoms with Gasteiger partial charge in [-0.05, 0) is 18.8 Å². The molecular weight excluding hydrogens is 200 g/mol. The molecule has 0 spiro atoms. The van der Waals surface area contributed by atoms with Crippen molar-refractivity contribution in [3.63, 3.8) is 0 Å². The number of aryl methyl sites for hydroxylation is 1. The molecule has 1 aliphatic carbocycles. The van der Waals surface area contributed by atoms with Gasteiger partial charge >= 0.3 is 0 Å². The smallest absolute Gasteiger partial charge is 0.201 e. The van der Waals surface area contributed by atoms with Crippen LogP contribution in [-0.2, 0) is 7.05 Å². The van der Waals surface area contributed by atoms with Crippen molar-refractivity contribution < 1.29 is 4.79 Å². The lowest BCUT2D eigenvalue weighted by atomic mass is 9.78. The number of Topliss-reactive ketones (excluding diaryl/α,β-unsaturated/α-hetero) is 1. The van der Waals surface area contributed by atoms with E-state index in [0.717, 1.165) is 18.8 Å². The maximum Gasteiger partial charge on any atom is 0.201 e. The number of imidazole rings is 1. The molecule has 88 valence electrons. The molecule has 3 heteroatoms. The summed E-state index contributed by atoms with van der Waals surface area (Å²) in [6.07, 6.45) is 9.33. The van der Waals surface area contributed by atoms with Crippen molar-refractivity contribution >= 4 is 5.78 Å². The van der Waals surface area contributed by atoms with Gasteiger partial charge in [-0.15, -0.1) is 0 Å². The van der Waals surface area contributed by atoms with E-state index in [1.165, 1.54) is 19.3 Å². The Morgan fingerprint density at radius 3 is 3.00 bits per heavy atom. The summed E-state index contributed by atoms with van der Waals surface area (Å²) in [6, 6.07) is 0. The van der Waals surface area contributed by atoms with Crippen LogP contribution in [0.3, 0.4) is 0 Å². The third kappa shape index (κ3) is 2.18. The highest BCUT2D eigenvalue weighted by atomic mass is 16.1. The summed E-state index contributed by atoms with van der Waals surface area (Å²) < 4.78 is 1.83. The van der Waals surface area contributed by atoms with Gasteiger partial charge in [-0.1, -0.05) is 26.2 Å². The first-order valence-corrected chi connectivity index (χ1v) is 6.24. The van der Waals surface area contributed by atoms with Crippen molar-refractivity contribution in [2.24, 2.45) is 18.9 Å². The summed E-state index contributed by atoms with van der Waals surface area (Å²) in [5, 5.41) is 0. The second kappa shape index (κ2) is 4.81. The van der Waals surface area contributed by atoms with Gasteiger partial charge in [0.25, 0.3) is 0 Å². The number of nitrogens with zero attached hydrogens (tertiary/aromatic N) is 2. The topological polar surface area (TPSA) is 34.9 Å². The van der Waals surface area contributed by atoms with E-state index < -0.39 is 0 Å². The van der Waals surface area contributed by atoms with Crippen LogP contribution in [0.15, 0.2) is 12.4 Å². The number of aromatic nitrogens is 2. The molecular formula is C13H20N2O. The molecule has 1 aromatic heterocycles. The second-order valence-electron chi connectivity index (χ2n) is 4.86. The van der Waals surface area contributed by atoms with Gasteiger partial charge < -0.3 is 4.57 Å². The molecule has 2 rings (SSSR count). The highest BCUT2D eigenvalue weighted by Gasteiger charge is 2.28. The van der Waals surface area contributed by atoms with Crippen LogP contribution in [0.25, 0.3) is 0 Å². The van der Waals surface area contributed by atoms with Gasteiger partial charge in [-0.25, -0.2) is 4.98 Å². The molecule has 0 saturated heterocycles. The van der Waals surface area contributed by atoms with Crippen molar-refractivity contribution in [2.75, 3.05) is 0 Å². The van der Waals surface area contributed by atoms with Crippen molar-refractivity contribution in [3.8, 4) is 0 Å². The van der Waals surface area contributed by atoms with Crippen LogP contribution in [-0.4, -0.2) is 15.3 Å². The Bertz CT molecular complexity index is 370. The van der Waals surface area contributed by atoms with Crippen LogP contribution in [0.4, 0.5) is 0 Å². The van der Waals surface area contributed by atoms with E-state index in [1.54, 1.807) is 6.20 Å². The summed E-state index contributed by atoms with van der Waals surface area (Å²) >= 11 is 0. The van der Waals surface area contributed by atoms with Gasteiger partial charge in [0.15, 0.2) is 5.82 Å². The third-order valence-corrected chi connectivity index (χ3v) is 3.77. The van der Waals surface area contributed by atoms with E-state index in [0.29, 0.717) is 5.82 Å². The Morgan fingerprint density at radius 1 is 1.56 bits per heavy atom. The fourth-order valence-corrected chi connectivity index (χ4v) is 2.69. The molecule has 1 aliphatic rings. The highest BCUT2D eigenvalue weighted by molar-refractivity contribution is 5.94. The predicted molar refractivity (Wildman–Crippen MR) is 63.3 cm³/mol. The molecule has 0 aromatic carbocycles. The second-order valence-corrected chi connectivity index (χ2v) is 4.86. The molecule has 2 atom stereocenters. The summed E-state index contributed by atoms with van der Waals surface area (Å²) in [6.45, 7) is 2.22. The largest absolute Gasteiger partial charge is 0.332 e. The Labute approximate surface area is 96.9 Å². The van der Waals surface area contributed by atoms with Crippen LogP contribution < -0.4 is 0 Å². The fourth-order valence-electron chi connectivity index (χ4n) is 2.69. The van der Waals surface area contributed by atoms with Crippen molar-refractivity contribution in [2.45, 2.75) is 39.0 Å². The summed E-state index contributed by atoms with van der Waals surface area (Å²) in [4.78, 5) is 16.4. The van der Waals surface area contributed by atoms with Gasteiger partial charge in [-0.3, -0.25) is 4.79 Å². The van der Waals surface area contributed by atoms with Gasteiger partial charge in [0.05, 0.1) is 0 Å². The number of ketones is 1. The van der Waals surface area contributed by atoms with E-state index in [4.69, 9.17) is 0 Å². The number of hydrogen-bond donors (Lipinski definition) is 0. The first kappa shape index (κ1) is 11.4. The summed E-state index contributed by atoms with van der Waals surface area (Å²) in [5.74, 6) is 1.81. The van der Waals surface area contributed by atoms with Crippen LogP contribution in [0.5, 0.6) is 0 Å². The summed E-state index contributed by atoms with van der Waals surface area (Å²) in [7, 11) is 1.89. The standard InChI is InChI=1S/C13H20N2O/c1-3-10-5-4-6-11(9-10)12(16)13-14-7-8-15(13)2/h7-8,10-11H,3-6,9H2,1-2H3. The minimum atomic E-state index is 0.208. The first-order valence-electron chi connectivity index (χ1n) is 6.24. The zero-order valence-corrected chi connectivity index (χ0v) is 10.1. The van der Waals surface area contributed by atoms with E-state index in [2.05, 4.69) is 11.9 Å². The lowest BCUT2D eigenvalue weighted by Gasteiger charge is -2.27. The molecule has 1 saturated carbocycles. The molecule has 0 radical (unpaired) electrons. The van der Waals surface area contributed by atoms with Gasteiger partial charge in [-0.2, -0.15) is 0 Å². The van der Waals surface area contributed by atoms with Crippen molar-refractivity contribution in [1.29, 1.82) is 0 Å². The molecule has 1 fully saturated rings. The number of carbonyl (C=O) groups is 1. The van der Waals surface area contributed by atoms with E-state index in [9.17, 15) is 4.79 Å². The molecule has 2 unspecified atom stereocenters. The SMILES string of the molecule is CCC1CCCC(C(=O)c2nccn2C)C1. The maximum absolute atomic E-state index is 12.3. The third-order valence-electron chi connectivity index (χ3n) is 3.77. The van der Waals surface area contributed by atoms with Crippen LogP contribution >= 0.6 is 0 Å². The zero-order valence-electron chi connectivity index (χ0n) is 10.1. The average molecular weight is 220 g/mol. The highest BCUT2D eigenvalue weighted by Crippen LogP contribution is 2.32. The monoisotopic (exact) mass is 220 g/mol. The quantitative estimate of drug-likeness (QED) is 0.734. The molecule has 0 amide bonds. The maximum atomic E-state index is 12.3. The first-order chi connectivity index (χ1) is 7.72. The molecule has 0 aliphatic heterocycles. The van der Waals surface area contributed by atoms with Gasteiger partial charge in [0, 0.05) is 25.4 Å². The number of carbonyl (C=O) groups excluding carboxylic acids is 1. The summed E-state index contributed by atoms with van der Waals surface area (Å²) in [5.41, 5.74) is 0. The molecule has 3 nitrogen and oxygen atoms in total. The number of rotatable bonds is 3. The van der Waals surface area contributed by atoms with Crippen LogP contribution in [0, 0.1) is 11.8 Å². The fraction of sp³-hybridized carbons (Fsp3) is 0.692. The normalized spacial score (nSPS) is 25.6. The Balaban J connectivity index is 2.07. The predicted octanol–water partition coefficient (Wildman–Crippen LogP) is 2.82. The lowest BCUT2D eigenvalue weighted by Crippen LogP contribution is -2.24. The molecule has 1 heterocycles. The zero-order chi connectivity index (χ0) is 11.5. The van der Waals surface area contributed by atoms with Crippen molar-refractivity contribution in [1.82, 2.24) is 9.55 Å². The number of hydrogen-bond acceptors (Lipinski definition) is 2. The molecule has 16 heavy (non-hydrogen) atoms. The van der Waals surface area contributed by atoms with Crippen LogP contribution in [0.2, 0.25) is 0 Å².